The highest BCUT2D eigenvalue weighted by Crippen LogP contribution is 2.43. The van der Waals surface area contributed by atoms with Gasteiger partial charge in [0.25, 0.3) is 0 Å². The van der Waals surface area contributed by atoms with Crippen LogP contribution in [0, 0.1) is 17.3 Å². The number of nitrogens with one attached hydrogen (secondary N) is 3. The number of amides is 3. The van der Waals surface area contributed by atoms with E-state index in [1.54, 1.807) is 7.11 Å². The number of urea groups is 1. The third kappa shape index (κ3) is 7.17. The third-order valence-electron chi connectivity index (χ3n) is 11.1. The second-order valence-electron chi connectivity index (χ2n) is 15.2. The smallest absolute Gasteiger partial charge is 0.409 e. The summed E-state index contributed by atoms with van der Waals surface area (Å²) in [5.41, 5.74) is 2.28. The molecule has 0 radical (unpaired) electrons. The van der Waals surface area contributed by atoms with Gasteiger partial charge >= 0.3 is 12.1 Å². The normalized spacial score (nSPS) is 21.3. The average molecular weight is 688 g/mol. The fraction of sp³-hybridized carbons (Fsp3) is 0.405. The zero-order valence-corrected chi connectivity index (χ0v) is 30.2. The van der Waals surface area contributed by atoms with Gasteiger partial charge in [-0.15, -0.1) is 0 Å². The van der Waals surface area contributed by atoms with E-state index in [9.17, 15) is 9.59 Å². The summed E-state index contributed by atoms with van der Waals surface area (Å²) in [5, 5.41) is 14.6. The Bertz CT molecular complexity index is 2000. The predicted molar refractivity (Wildman–Crippen MR) is 203 cm³/mol. The van der Waals surface area contributed by atoms with Crippen molar-refractivity contribution in [3.63, 3.8) is 0 Å². The highest BCUT2D eigenvalue weighted by molar-refractivity contribution is 6.02. The Hall–Kier alpha value is -4.89. The topological polar surface area (TPSA) is 105 Å². The number of methoxy groups -OCH3 is 1. The van der Waals surface area contributed by atoms with E-state index in [0.717, 1.165) is 75.3 Å². The van der Waals surface area contributed by atoms with Crippen molar-refractivity contribution in [2.24, 2.45) is 17.3 Å². The zero-order chi connectivity index (χ0) is 35.7. The second-order valence-corrected chi connectivity index (χ2v) is 15.2. The molecule has 2 bridgehead atoms. The Morgan fingerprint density at radius 2 is 1.65 bits per heavy atom. The van der Waals surface area contributed by atoms with Crippen molar-refractivity contribution >= 4 is 44.6 Å². The minimum atomic E-state index is -0.711. The first-order valence-electron chi connectivity index (χ1n) is 18.2. The molecule has 266 valence electrons. The molecule has 0 saturated carbocycles. The molecule has 3 saturated heterocycles. The molecule has 5 aromatic rings. The lowest BCUT2D eigenvalue weighted by Crippen LogP contribution is -2.61. The van der Waals surface area contributed by atoms with Crippen LogP contribution in [0.2, 0.25) is 0 Å². The lowest BCUT2D eigenvalue weighted by molar-refractivity contribution is -0.0144. The Labute approximate surface area is 300 Å². The zero-order valence-electron chi connectivity index (χ0n) is 30.2. The monoisotopic (exact) mass is 687 g/mol. The molecular weight excluding hydrogens is 638 g/mol. The molecule has 0 aliphatic carbocycles. The summed E-state index contributed by atoms with van der Waals surface area (Å²) in [6, 6.07) is 25.8. The number of hydrogen-bond donors (Lipinski definition) is 3. The largest absolute Gasteiger partial charge is 0.497 e. The van der Waals surface area contributed by atoms with Gasteiger partial charge in [0.2, 0.25) is 0 Å². The van der Waals surface area contributed by atoms with Crippen molar-refractivity contribution in [3.8, 4) is 5.75 Å². The van der Waals surface area contributed by atoms with Crippen molar-refractivity contribution < 1.29 is 19.1 Å². The molecule has 0 spiro atoms. The summed E-state index contributed by atoms with van der Waals surface area (Å²) in [6.07, 6.45) is 3.86. The number of pyridine rings is 1. The molecular formula is C42H49N5O4. The van der Waals surface area contributed by atoms with Gasteiger partial charge in [0.05, 0.1) is 18.7 Å². The van der Waals surface area contributed by atoms with E-state index in [-0.39, 0.29) is 24.7 Å². The lowest BCUT2D eigenvalue weighted by Gasteiger charge is -2.52. The Kier molecular flexibility index (Phi) is 9.75. The van der Waals surface area contributed by atoms with Crippen molar-refractivity contribution in [2.45, 2.75) is 71.8 Å². The Balaban J connectivity index is 1.12. The van der Waals surface area contributed by atoms with E-state index in [2.05, 4.69) is 63.1 Å². The van der Waals surface area contributed by atoms with Crippen LogP contribution in [0.4, 0.5) is 9.59 Å². The average Bonchev–Trinajstić information content (AvgIpc) is 3.14. The van der Waals surface area contributed by atoms with E-state index < -0.39 is 17.7 Å². The molecule has 3 aliphatic heterocycles. The molecule has 3 amide bonds. The lowest BCUT2D eigenvalue weighted by atomic mass is 9.72. The molecule has 1 aromatic heterocycles. The van der Waals surface area contributed by atoms with Crippen LogP contribution < -0.4 is 20.7 Å². The number of fused-ring (bicyclic) bond motifs is 6. The summed E-state index contributed by atoms with van der Waals surface area (Å²) in [5.74, 6) is 2.03. The van der Waals surface area contributed by atoms with Crippen LogP contribution in [-0.2, 0) is 11.3 Å². The van der Waals surface area contributed by atoms with E-state index in [4.69, 9.17) is 9.47 Å². The van der Waals surface area contributed by atoms with E-state index >= 15 is 0 Å². The summed E-state index contributed by atoms with van der Waals surface area (Å²) in [7, 11) is 1.66. The van der Waals surface area contributed by atoms with E-state index in [1.165, 1.54) is 6.42 Å². The first-order valence-corrected chi connectivity index (χ1v) is 18.2. The number of carbonyl (C=O) groups excluding carboxylic acids is 2. The second kappa shape index (κ2) is 14.4. The molecule has 3 N–H and O–H groups in total. The minimum absolute atomic E-state index is 0.0921. The molecule has 4 aromatic carbocycles. The fourth-order valence-corrected chi connectivity index (χ4v) is 8.26. The molecule has 9 heteroatoms. The highest BCUT2D eigenvalue weighted by Gasteiger charge is 2.44. The SMILES string of the molecule is CCC1CN2CCC1CC2[C@@H](NC(=O)N[C@@H](NC(=O)OCc1c2ccccc2cc2ccccc12)C(C)(C)C)c1ccnc2ccc(OC)cc12. The molecule has 3 fully saturated rings. The highest BCUT2D eigenvalue weighted by atomic mass is 16.5. The van der Waals surface area contributed by atoms with Crippen LogP contribution in [0.25, 0.3) is 32.4 Å². The molecule has 4 unspecified atom stereocenters. The summed E-state index contributed by atoms with van der Waals surface area (Å²) in [4.78, 5) is 34.7. The molecule has 51 heavy (non-hydrogen) atoms. The Morgan fingerprint density at radius 1 is 0.922 bits per heavy atom. The molecule has 6 atom stereocenters. The number of ether oxygens (including phenoxy) is 2. The van der Waals surface area contributed by atoms with Gasteiger partial charge in [0.15, 0.2) is 0 Å². The maximum Gasteiger partial charge on any atom is 0.409 e. The van der Waals surface area contributed by atoms with Gasteiger partial charge in [0, 0.05) is 35.1 Å². The maximum atomic E-state index is 14.1. The van der Waals surface area contributed by atoms with Crippen LogP contribution in [0.5, 0.6) is 5.75 Å². The van der Waals surface area contributed by atoms with Crippen molar-refractivity contribution in [1.29, 1.82) is 0 Å². The number of hydrogen-bond acceptors (Lipinski definition) is 6. The van der Waals surface area contributed by atoms with Gasteiger partial charge in [-0.05, 0) is 88.7 Å². The van der Waals surface area contributed by atoms with Crippen LogP contribution in [0.3, 0.4) is 0 Å². The first kappa shape index (κ1) is 34.6. The number of nitrogens with zero attached hydrogens (tertiary/aromatic N) is 2. The molecule has 9 nitrogen and oxygen atoms in total. The minimum Gasteiger partial charge on any atom is -0.497 e. The quantitative estimate of drug-likeness (QED) is 0.106. The van der Waals surface area contributed by atoms with Crippen molar-refractivity contribution in [3.05, 3.63) is 96.2 Å². The van der Waals surface area contributed by atoms with Crippen LogP contribution in [0.1, 0.15) is 64.1 Å². The van der Waals surface area contributed by atoms with Crippen LogP contribution in [-0.4, -0.2) is 54.4 Å². The standard InChI is InChI=1S/C42H49N5O4/c1-6-26-24-47-20-18-27(26)22-37(47)38(33-17-19-43-36-16-15-30(50-5)23-34(33)36)44-40(48)45-39(42(2,3)4)46-41(49)51-25-35-31-13-9-7-11-28(31)21-29-12-8-10-14-32(29)35/h7-17,19,21,23,26-27,37-39H,6,18,20,22,24-25H2,1-5H3,(H,46,49)(H2,44,45,48)/t26?,27?,37?,38-,39-/m0/s1. The molecule has 4 heterocycles. The van der Waals surface area contributed by atoms with Crippen LogP contribution in [0.15, 0.2) is 85.1 Å². The van der Waals surface area contributed by atoms with Gasteiger partial charge in [-0.2, -0.15) is 0 Å². The summed E-state index contributed by atoms with van der Waals surface area (Å²) >= 11 is 0. The van der Waals surface area contributed by atoms with Gasteiger partial charge in [-0.1, -0.05) is 82.6 Å². The number of piperidine rings is 3. The Morgan fingerprint density at radius 3 is 2.29 bits per heavy atom. The van der Waals surface area contributed by atoms with E-state index in [0.29, 0.717) is 11.8 Å². The molecule has 8 rings (SSSR count). The number of alkyl carbamates (subject to hydrolysis) is 1. The van der Waals surface area contributed by atoms with Gasteiger partial charge in [-0.3, -0.25) is 9.88 Å². The predicted octanol–water partition coefficient (Wildman–Crippen LogP) is 8.31. The van der Waals surface area contributed by atoms with Crippen molar-refractivity contribution in [1.82, 2.24) is 25.8 Å². The number of aromatic nitrogens is 1. The fourth-order valence-electron chi connectivity index (χ4n) is 8.26. The maximum absolute atomic E-state index is 14.1. The number of benzene rings is 4. The van der Waals surface area contributed by atoms with Gasteiger partial charge < -0.3 is 25.4 Å². The van der Waals surface area contributed by atoms with Gasteiger partial charge in [-0.25, -0.2) is 9.59 Å². The van der Waals surface area contributed by atoms with Crippen molar-refractivity contribution in [2.75, 3.05) is 20.2 Å². The third-order valence-corrected chi connectivity index (χ3v) is 11.1. The number of rotatable bonds is 9. The van der Waals surface area contributed by atoms with E-state index in [1.807, 2.05) is 75.5 Å². The summed E-state index contributed by atoms with van der Waals surface area (Å²) in [6.45, 7) is 10.4. The van der Waals surface area contributed by atoms with Crippen LogP contribution >= 0.6 is 0 Å². The molecule has 3 aliphatic rings. The number of carbonyl (C=O) groups is 2. The summed E-state index contributed by atoms with van der Waals surface area (Å²) < 4.78 is 11.5. The first-order chi connectivity index (χ1) is 24.6. The van der Waals surface area contributed by atoms with Gasteiger partial charge in [0.1, 0.15) is 18.5 Å².